The SMILES string of the molecule is COc1cccc(C(N)CC(=O)O)c1OC1COC1. The predicted molar refractivity (Wildman–Crippen MR) is 67.4 cm³/mol. The summed E-state index contributed by atoms with van der Waals surface area (Å²) in [6, 6.07) is 4.64. The number of benzene rings is 1. The van der Waals surface area contributed by atoms with Gasteiger partial charge in [-0.25, -0.2) is 0 Å². The van der Waals surface area contributed by atoms with Crippen LogP contribution in [0.4, 0.5) is 0 Å². The second-order valence-electron chi connectivity index (χ2n) is 4.36. The molecule has 0 saturated carbocycles. The average Bonchev–Trinajstić information content (AvgIpc) is 2.32. The monoisotopic (exact) mass is 267 g/mol. The van der Waals surface area contributed by atoms with Crippen LogP contribution in [-0.4, -0.2) is 37.5 Å². The predicted octanol–water partition coefficient (Wildman–Crippen LogP) is 0.947. The summed E-state index contributed by atoms with van der Waals surface area (Å²) in [5.74, 6) is 0.102. The largest absolute Gasteiger partial charge is 0.493 e. The second kappa shape index (κ2) is 5.90. The first-order chi connectivity index (χ1) is 9.11. The van der Waals surface area contributed by atoms with Gasteiger partial charge in [0.15, 0.2) is 11.5 Å². The van der Waals surface area contributed by atoms with Gasteiger partial charge in [0.25, 0.3) is 0 Å². The van der Waals surface area contributed by atoms with Crippen molar-refractivity contribution in [1.82, 2.24) is 0 Å². The number of carbonyl (C=O) groups is 1. The van der Waals surface area contributed by atoms with Gasteiger partial charge < -0.3 is 25.1 Å². The molecule has 0 radical (unpaired) electrons. The minimum Gasteiger partial charge on any atom is -0.493 e. The van der Waals surface area contributed by atoms with Crippen LogP contribution in [0.1, 0.15) is 18.0 Å². The molecule has 0 aromatic heterocycles. The minimum absolute atomic E-state index is 0.0351. The van der Waals surface area contributed by atoms with Crippen molar-refractivity contribution in [3.05, 3.63) is 23.8 Å². The zero-order valence-corrected chi connectivity index (χ0v) is 10.7. The van der Waals surface area contributed by atoms with E-state index in [0.717, 1.165) is 0 Å². The fraction of sp³-hybridized carbons (Fsp3) is 0.462. The van der Waals surface area contributed by atoms with Crippen molar-refractivity contribution in [2.45, 2.75) is 18.6 Å². The third kappa shape index (κ3) is 3.15. The Kier molecular flexibility index (Phi) is 4.24. The maximum atomic E-state index is 10.8. The van der Waals surface area contributed by atoms with E-state index < -0.39 is 12.0 Å². The van der Waals surface area contributed by atoms with Gasteiger partial charge in [0.2, 0.25) is 0 Å². The van der Waals surface area contributed by atoms with Gasteiger partial charge >= 0.3 is 5.97 Å². The molecular weight excluding hydrogens is 250 g/mol. The van der Waals surface area contributed by atoms with Crippen molar-refractivity contribution in [3.8, 4) is 11.5 Å². The fourth-order valence-electron chi connectivity index (χ4n) is 1.86. The Hall–Kier alpha value is -1.79. The molecular formula is C13H17NO5. The molecule has 0 bridgehead atoms. The number of carboxylic acids is 1. The molecule has 1 unspecified atom stereocenters. The summed E-state index contributed by atoms with van der Waals surface area (Å²) in [6.45, 7) is 1.04. The first kappa shape index (κ1) is 13.6. The number of hydrogen-bond acceptors (Lipinski definition) is 5. The molecule has 0 spiro atoms. The summed E-state index contributed by atoms with van der Waals surface area (Å²) in [7, 11) is 1.53. The number of carboxylic acid groups (broad SMARTS) is 1. The molecule has 1 atom stereocenters. The van der Waals surface area contributed by atoms with Crippen molar-refractivity contribution in [2.75, 3.05) is 20.3 Å². The van der Waals surface area contributed by atoms with E-state index in [9.17, 15) is 4.79 Å². The van der Waals surface area contributed by atoms with Crippen LogP contribution in [0.5, 0.6) is 11.5 Å². The molecule has 1 fully saturated rings. The van der Waals surface area contributed by atoms with E-state index in [4.69, 9.17) is 25.1 Å². The second-order valence-corrected chi connectivity index (χ2v) is 4.36. The Bertz CT molecular complexity index is 458. The van der Waals surface area contributed by atoms with Crippen molar-refractivity contribution in [1.29, 1.82) is 0 Å². The summed E-state index contributed by atoms with van der Waals surface area (Å²) < 4.78 is 16.1. The Balaban J connectivity index is 2.26. The van der Waals surface area contributed by atoms with Crippen LogP contribution < -0.4 is 15.2 Å². The van der Waals surface area contributed by atoms with Gasteiger partial charge in [-0.1, -0.05) is 12.1 Å². The number of aliphatic carboxylic acids is 1. The highest BCUT2D eigenvalue weighted by molar-refractivity contribution is 5.68. The number of para-hydroxylation sites is 1. The summed E-state index contributed by atoms with van der Waals surface area (Å²) in [5, 5.41) is 8.83. The molecule has 1 aliphatic heterocycles. The summed E-state index contributed by atoms with van der Waals surface area (Å²) in [5.41, 5.74) is 6.54. The maximum absolute atomic E-state index is 10.8. The zero-order chi connectivity index (χ0) is 13.8. The molecule has 3 N–H and O–H groups in total. The van der Waals surface area contributed by atoms with E-state index in [0.29, 0.717) is 30.3 Å². The summed E-state index contributed by atoms with van der Waals surface area (Å²) in [6.07, 6.45) is -0.197. The first-order valence-corrected chi connectivity index (χ1v) is 6.00. The van der Waals surface area contributed by atoms with Gasteiger partial charge in [-0.3, -0.25) is 4.79 Å². The van der Waals surface area contributed by atoms with Gasteiger partial charge in [0.05, 0.1) is 26.7 Å². The van der Waals surface area contributed by atoms with Gasteiger partial charge in [-0.2, -0.15) is 0 Å². The Morgan fingerprint density at radius 3 is 2.84 bits per heavy atom. The van der Waals surface area contributed by atoms with Crippen LogP contribution in [0.15, 0.2) is 18.2 Å². The first-order valence-electron chi connectivity index (χ1n) is 6.00. The molecule has 0 amide bonds. The number of rotatable bonds is 6. The molecule has 0 aliphatic carbocycles. The third-order valence-electron chi connectivity index (χ3n) is 2.92. The molecule has 2 rings (SSSR count). The Morgan fingerprint density at radius 1 is 1.58 bits per heavy atom. The van der Waals surface area contributed by atoms with E-state index in [-0.39, 0.29) is 12.5 Å². The molecule has 19 heavy (non-hydrogen) atoms. The van der Waals surface area contributed by atoms with Crippen LogP contribution in [0.2, 0.25) is 0 Å². The fourth-order valence-corrected chi connectivity index (χ4v) is 1.86. The van der Waals surface area contributed by atoms with E-state index in [2.05, 4.69) is 0 Å². The minimum atomic E-state index is -0.951. The van der Waals surface area contributed by atoms with Crippen molar-refractivity contribution in [2.24, 2.45) is 5.73 Å². The molecule has 6 heteroatoms. The highest BCUT2D eigenvalue weighted by atomic mass is 16.6. The number of hydrogen-bond donors (Lipinski definition) is 2. The van der Waals surface area contributed by atoms with E-state index in [1.165, 1.54) is 7.11 Å². The van der Waals surface area contributed by atoms with Gasteiger partial charge in [-0.05, 0) is 6.07 Å². The van der Waals surface area contributed by atoms with Gasteiger partial charge in [-0.15, -0.1) is 0 Å². The van der Waals surface area contributed by atoms with Crippen LogP contribution >= 0.6 is 0 Å². The normalized spacial score (nSPS) is 16.5. The van der Waals surface area contributed by atoms with Crippen molar-refractivity contribution < 1.29 is 24.1 Å². The van der Waals surface area contributed by atoms with Crippen LogP contribution in [0.25, 0.3) is 0 Å². The quantitative estimate of drug-likeness (QED) is 0.797. The van der Waals surface area contributed by atoms with Crippen LogP contribution in [0, 0.1) is 0 Å². The lowest BCUT2D eigenvalue weighted by Gasteiger charge is -2.29. The lowest BCUT2D eigenvalue weighted by Crippen LogP contribution is -2.39. The standard InChI is InChI=1S/C13H17NO5/c1-17-11-4-2-3-9(10(14)5-12(15)16)13(11)19-8-6-18-7-8/h2-4,8,10H,5-7,14H2,1H3,(H,15,16). The summed E-state index contributed by atoms with van der Waals surface area (Å²) >= 11 is 0. The van der Waals surface area contributed by atoms with Crippen molar-refractivity contribution in [3.63, 3.8) is 0 Å². The molecule has 104 valence electrons. The molecule has 1 saturated heterocycles. The van der Waals surface area contributed by atoms with Gasteiger partial charge in [0.1, 0.15) is 6.10 Å². The smallest absolute Gasteiger partial charge is 0.305 e. The Morgan fingerprint density at radius 2 is 2.32 bits per heavy atom. The van der Waals surface area contributed by atoms with E-state index in [1.807, 2.05) is 0 Å². The van der Waals surface area contributed by atoms with Crippen molar-refractivity contribution >= 4 is 5.97 Å². The van der Waals surface area contributed by atoms with Crippen LogP contribution in [0.3, 0.4) is 0 Å². The zero-order valence-electron chi connectivity index (χ0n) is 10.7. The molecule has 1 aromatic rings. The number of nitrogens with two attached hydrogens (primary N) is 1. The lowest BCUT2D eigenvalue weighted by molar-refractivity contribution is -0.137. The molecule has 1 aliphatic rings. The maximum Gasteiger partial charge on any atom is 0.305 e. The molecule has 1 heterocycles. The highest BCUT2D eigenvalue weighted by Crippen LogP contribution is 2.36. The topological polar surface area (TPSA) is 91.0 Å². The Labute approximate surface area is 111 Å². The highest BCUT2D eigenvalue weighted by Gasteiger charge is 2.25. The molecule has 1 aromatic carbocycles. The third-order valence-corrected chi connectivity index (χ3v) is 2.92. The van der Waals surface area contributed by atoms with E-state index in [1.54, 1.807) is 18.2 Å². The number of ether oxygens (including phenoxy) is 3. The number of methoxy groups -OCH3 is 1. The van der Waals surface area contributed by atoms with E-state index >= 15 is 0 Å². The average molecular weight is 267 g/mol. The lowest BCUT2D eigenvalue weighted by atomic mass is 10.0. The van der Waals surface area contributed by atoms with Crippen LogP contribution in [-0.2, 0) is 9.53 Å². The summed E-state index contributed by atoms with van der Waals surface area (Å²) in [4.78, 5) is 10.8. The van der Waals surface area contributed by atoms with Gasteiger partial charge in [0, 0.05) is 11.6 Å². The molecule has 6 nitrogen and oxygen atoms in total.